The van der Waals surface area contributed by atoms with E-state index in [4.69, 9.17) is 4.74 Å². The van der Waals surface area contributed by atoms with E-state index < -0.39 is 10.1 Å². The lowest BCUT2D eigenvalue weighted by Gasteiger charge is -2.04. The maximum absolute atomic E-state index is 10.3. The van der Waals surface area contributed by atoms with Gasteiger partial charge < -0.3 is 14.4 Å². The van der Waals surface area contributed by atoms with Crippen LogP contribution in [-0.2, 0) is 17.2 Å². The third-order valence-electron chi connectivity index (χ3n) is 4.80. The smallest absolute Gasteiger partial charge is 0.212 e. The quantitative estimate of drug-likeness (QED) is 0.374. The molecule has 4 rings (SSSR count). The third-order valence-corrected chi connectivity index (χ3v) is 5.65. The number of aromatic hydroxyl groups is 1. The number of nitrogens with zero attached hydrogens (tertiary/aromatic N) is 1. The summed E-state index contributed by atoms with van der Waals surface area (Å²) in [7, 11) is -0.650. The van der Waals surface area contributed by atoms with Gasteiger partial charge in [-0.25, -0.2) is 8.42 Å². The summed E-state index contributed by atoms with van der Waals surface area (Å²) in [5.41, 5.74) is 3.27. The highest BCUT2D eigenvalue weighted by Gasteiger charge is 2.08. The fraction of sp³-hybridized carbons (Fsp3) is 0.0800. The molecule has 0 spiro atoms. The second-order valence-electron chi connectivity index (χ2n) is 6.91. The Kier molecular flexibility index (Phi) is 7.25. The van der Waals surface area contributed by atoms with E-state index in [2.05, 4.69) is 42.0 Å². The van der Waals surface area contributed by atoms with Crippen LogP contribution in [0.1, 0.15) is 11.3 Å². The molecule has 164 valence electrons. The van der Waals surface area contributed by atoms with Crippen molar-refractivity contribution < 1.29 is 27.4 Å². The largest absolute Gasteiger partial charge is 0.744 e. The van der Waals surface area contributed by atoms with Gasteiger partial charge in [-0.2, -0.15) is 4.57 Å². The number of hydrogen-bond acceptors (Lipinski definition) is 5. The van der Waals surface area contributed by atoms with Gasteiger partial charge >= 0.3 is 0 Å². The zero-order valence-corrected chi connectivity index (χ0v) is 18.5. The summed E-state index contributed by atoms with van der Waals surface area (Å²) in [4.78, 5) is -0.185. The van der Waals surface area contributed by atoms with Crippen LogP contribution in [0.5, 0.6) is 11.5 Å². The molecule has 32 heavy (non-hydrogen) atoms. The number of phenolic OH excluding ortho intramolecular Hbond substituents is 1. The van der Waals surface area contributed by atoms with Crippen LogP contribution in [0, 0.1) is 0 Å². The molecule has 0 saturated heterocycles. The molecule has 1 heterocycles. The molecule has 0 saturated carbocycles. The van der Waals surface area contributed by atoms with Gasteiger partial charge in [0.05, 0.1) is 12.0 Å². The standard InChI is InChI=1S/C19H17NO2.C6H6O3S/c1-20-16(11-9-15-5-3-4-6-17(15)20)10-7-14-8-12-18(21)19(13-14)22-2;7-10(8,9)6-4-2-1-3-5-6/h3-13H,1-2H3;1-5H,(H,7,8,9). The number of fused-ring (bicyclic) bond motifs is 1. The summed E-state index contributed by atoms with van der Waals surface area (Å²) < 4.78 is 38.1. The molecule has 1 N–H and O–H groups in total. The lowest BCUT2D eigenvalue weighted by Crippen LogP contribution is -2.32. The molecule has 3 aromatic carbocycles. The molecule has 1 aromatic heterocycles. The predicted molar refractivity (Wildman–Crippen MR) is 123 cm³/mol. The molecule has 4 aromatic rings. The molecule has 0 amide bonds. The summed E-state index contributed by atoms with van der Waals surface area (Å²) >= 11 is 0. The van der Waals surface area contributed by atoms with Crippen molar-refractivity contribution in [2.75, 3.05) is 7.11 Å². The van der Waals surface area contributed by atoms with Gasteiger partial charge in [0.1, 0.15) is 17.2 Å². The maximum atomic E-state index is 10.3. The molecule has 6 nitrogen and oxygen atoms in total. The van der Waals surface area contributed by atoms with Crippen molar-refractivity contribution in [1.29, 1.82) is 0 Å². The van der Waals surface area contributed by atoms with Crippen LogP contribution in [0.15, 0.2) is 89.8 Å². The molecular formula is C25H23NO5S. The Hall–Kier alpha value is -3.68. The first kappa shape index (κ1) is 23.0. The summed E-state index contributed by atoms with van der Waals surface area (Å²) in [5, 5.41) is 10.8. The van der Waals surface area contributed by atoms with Gasteiger partial charge in [0.15, 0.2) is 11.5 Å². The van der Waals surface area contributed by atoms with Crippen molar-refractivity contribution in [2.45, 2.75) is 4.90 Å². The zero-order valence-electron chi connectivity index (χ0n) is 17.7. The summed E-state index contributed by atoms with van der Waals surface area (Å²) in [5.74, 6) is 0.626. The molecule has 0 atom stereocenters. The van der Waals surface area contributed by atoms with Gasteiger partial charge in [0.25, 0.3) is 0 Å². The SMILES string of the molecule is COc1cc(C=Cc2ccc3ccccc3[n+]2C)ccc1O.O=S(=O)([O-])c1ccccc1. The number of phenols is 1. The number of benzene rings is 3. The predicted octanol–water partition coefficient (Wildman–Crippen LogP) is 4.14. The highest BCUT2D eigenvalue weighted by Crippen LogP contribution is 2.27. The molecule has 0 fully saturated rings. The Morgan fingerprint density at radius 1 is 0.906 bits per heavy atom. The van der Waals surface area contributed by atoms with Crippen molar-refractivity contribution in [3.8, 4) is 11.5 Å². The Bertz CT molecular complexity index is 1350. The Morgan fingerprint density at radius 2 is 1.59 bits per heavy atom. The van der Waals surface area contributed by atoms with Crippen molar-refractivity contribution in [3.63, 3.8) is 0 Å². The van der Waals surface area contributed by atoms with Gasteiger partial charge in [-0.15, -0.1) is 0 Å². The molecule has 0 bridgehead atoms. The summed E-state index contributed by atoms with van der Waals surface area (Å²) in [6.07, 6.45) is 4.06. The van der Waals surface area contributed by atoms with Crippen LogP contribution >= 0.6 is 0 Å². The van der Waals surface area contributed by atoms with Crippen molar-refractivity contribution in [1.82, 2.24) is 0 Å². The Morgan fingerprint density at radius 3 is 2.25 bits per heavy atom. The molecular weight excluding hydrogens is 426 g/mol. The number of methoxy groups -OCH3 is 1. The lowest BCUT2D eigenvalue weighted by molar-refractivity contribution is -0.646. The van der Waals surface area contributed by atoms with E-state index in [1.54, 1.807) is 19.2 Å². The van der Waals surface area contributed by atoms with E-state index in [0.29, 0.717) is 5.75 Å². The van der Waals surface area contributed by atoms with Crippen LogP contribution in [-0.4, -0.2) is 25.2 Å². The minimum Gasteiger partial charge on any atom is -0.744 e. The normalized spacial score (nSPS) is 11.2. The number of hydrogen-bond donors (Lipinski definition) is 1. The number of aromatic nitrogens is 1. The number of aryl methyl sites for hydroxylation is 1. The summed E-state index contributed by atoms with van der Waals surface area (Å²) in [6, 6.07) is 25.0. The lowest BCUT2D eigenvalue weighted by atomic mass is 10.1. The first-order valence-electron chi connectivity index (χ1n) is 9.73. The van der Waals surface area contributed by atoms with Gasteiger partial charge in [-0.1, -0.05) is 36.4 Å². The van der Waals surface area contributed by atoms with Gasteiger partial charge in [0.2, 0.25) is 11.2 Å². The molecule has 0 aliphatic rings. The van der Waals surface area contributed by atoms with Crippen LogP contribution < -0.4 is 9.30 Å². The van der Waals surface area contributed by atoms with Crippen LogP contribution in [0.25, 0.3) is 23.1 Å². The monoisotopic (exact) mass is 449 g/mol. The van der Waals surface area contributed by atoms with Crippen molar-refractivity contribution in [3.05, 3.63) is 96.2 Å². The van der Waals surface area contributed by atoms with E-state index in [0.717, 1.165) is 11.3 Å². The highest BCUT2D eigenvalue weighted by atomic mass is 32.2. The number of rotatable bonds is 4. The third kappa shape index (κ3) is 5.72. The molecule has 0 radical (unpaired) electrons. The van der Waals surface area contributed by atoms with Crippen LogP contribution in [0.2, 0.25) is 0 Å². The fourth-order valence-corrected chi connectivity index (χ4v) is 3.58. The first-order valence-corrected chi connectivity index (χ1v) is 11.1. The van der Waals surface area contributed by atoms with E-state index in [9.17, 15) is 18.1 Å². The number of pyridine rings is 1. The molecule has 0 aliphatic heterocycles. The van der Waals surface area contributed by atoms with Crippen LogP contribution in [0.4, 0.5) is 0 Å². The average molecular weight is 450 g/mol. The highest BCUT2D eigenvalue weighted by molar-refractivity contribution is 7.85. The second-order valence-corrected chi connectivity index (χ2v) is 8.29. The van der Waals surface area contributed by atoms with Gasteiger partial charge in [0, 0.05) is 23.6 Å². The Labute approximate surface area is 187 Å². The van der Waals surface area contributed by atoms with Gasteiger partial charge in [-0.05, 0) is 48.0 Å². The topological polar surface area (TPSA) is 90.5 Å². The fourth-order valence-electron chi connectivity index (χ4n) is 3.09. The van der Waals surface area contributed by atoms with Crippen molar-refractivity contribution >= 4 is 33.2 Å². The van der Waals surface area contributed by atoms with Crippen molar-refractivity contribution in [2.24, 2.45) is 7.05 Å². The maximum Gasteiger partial charge on any atom is 0.212 e. The van der Waals surface area contributed by atoms with E-state index in [-0.39, 0.29) is 10.6 Å². The first-order chi connectivity index (χ1) is 15.3. The number of para-hydroxylation sites is 1. The van der Waals surface area contributed by atoms with Gasteiger partial charge in [-0.3, -0.25) is 0 Å². The minimum atomic E-state index is -4.25. The number of ether oxygens (including phenoxy) is 1. The Balaban J connectivity index is 0.000000243. The minimum absolute atomic E-state index is 0.149. The van der Waals surface area contributed by atoms with E-state index in [1.165, 1.54) is 35.2 Å². The molecule has 7 heteroatoms. The molecule has 0 aliphatic carbocycles. The van der Waals surface area contributed by atoms with Crippen LogP contribution in [0.3, 0.4) is 0 Å². The van der Waals surface area contributed by atoms with E-state index >= 15 is 0 Å². The summed E-state index contributed by atoms with van der Waals surface area (Å²) in [6.45, 7) is 0. The zero-order chi connectivity index (χ0) is 23.1. The average Bonchev–Trinajstić information content (AvgIpc) is 2.80. The second kappa shape index (κ2) is 10.1. The molecule has 0 unspecified atom stereocenters. The van der Waals surface area contributed by atoms with E-state index in [1.807, 2.05) is 30.3 Å².